The Balaban J connectivity index is 1.48. The van der Waals surface area contributed by atoms with E-state index in [0.717, 1.165) is 27.5 Å². The van der Waals surface area contributed by atoms with Crippen molar-refractivity contribution >= 4 is 39.7 Å². The van der Waals surface area contributed by atoms with Crippen LogP contribution in [0.25, 0.3) is 21.9 Å². The van der Waals surface area contributed by atoms with Crippen molar-refractivity contribution in [2.24, 2.45) is 0 Å². The number of aryl methyl sites for hydroxylation is 1. The number of anilines is 1. The number of carbonyl (C=O) groups is 2. The SMILES string of the molecule is Cc1ccc(-c2ccsc2C(=O)O[C@@H](C)C(=O)Nc2cccc3ccccc23)cc1. The molecule has 5 heteroatoms. The van der Waals surface area contributed by atoms with E-state index in [1.165, 1.54) is 11.3 Å². The van der Waals surface area contributed by atoms with Crippen LogP contribution in [0.1, 0.15) is 22.2 Å². The molecular weight excluding hydrogens is 394 g/mol. The molecule has 0 aliphatic rings. The zero-order chi connectivity index (χ0) is 21.1. The minimum absolute atomic E-state index is 0.367. The fourth-order valence-corrected chi connectivity index (χ4v) is 4.06. The molecule has 0 radical (unpaired) electrons. The van der Waals surface area contributed by atoms with Crippen molar-refractivity contribution in [3.8, 4) is 11.1 Å². The highest BCUT2D eigenvalue weighted by atomic mass is 32.1. The predicted molar refractivity (Wildman–Crippen MR) is 122 cm³/mol. The summed E-state index contributed by atoms with van der Waals surface area (Å²) in [4.78, 5) is 25.9. The van der Waals surface area contributed by atoms with Gasteiger partial charge in [-0.2, -0.15) is 0 Å². The number of hydrogen-bond acceptors (Lipinski definition) is 4. The van der Waals surface area contributed by atoms with E-state index in [2.05, 4.69) is 5.32 Å². The lowest BCUT2D eigenvalue weighted by Gasteiger charge is -2.15. The summed E-state index contributed by atoms with van der Waals surface area (Å²) < 4.78 is 5.49. The quantitative estimate of drug-likeness (QED) is 0.403. The first-order valence-corrected chi connectivity index (χ1v) is 10.5. The van der Waals surface area contributed by atoms with E-state index >= 15 is 0 Å². The van der Waals surface area contributed by atoms with Gasteiger partial charge in [0.25, 0.3) is 5.91 Å². The Morgan fingerprint density at radius 2 is 1.67 bits per heavy atom. The van der Waals surface area contributed by atoms with Gasteiger partial charge in [0.1, 0.15) is 4.88 Å². The van der Waals surface area contributed by atoms with Crippen molar-refractivity contribution in [1.82, 2.24) is 0 Å². The number of esters is 1. The summed E-state index contributed by atoms with van der Waals surface area (Å²) in [6.07, 6.45) is -0.926. The second kappa shape index (κ2) is 8.51. The Morgan fingerprint density at radius 1 is 0.933 bits per heavy atom. The standard InChI is InChI=1S/C25H21NO3S/c1-16-10-12-19(13-11-16)21-14-15-30-23(21)25(28)29-17(2)24(27)26-22-9-5-7-18-6-3-4-8-20(18)22/h3-15,17H,1-2H3,(H,26,27)/t17-/m0/s1. The molecular formula is C25H21NO3S. The normalized spacial score (nSPS) is 11.8. The van der Waals surface area contributed by atoms with Gasteiger partial charge in [-0.25, -0.2) is 4.79 Å². The highest BCUT2D eigenvalue weighted by Crippen LogP contribution is 2.30. The second-order valence-corrected chi connectivity index (χ2v) is 8.01. The van der Waals surface area contributed by atoms with Crippen LogP contribution in [-0.4, -0.2) is 18.0 Å². The van der Waals surface area contributed by atoms with Crippen LogP contribution >= 0.6 is 11.3 Å². The number of rotatable bonds is 5. The van der Waals surface area contributed by atoms with Gasteiger partial charge in [0.15, 0.2) is 6.10 Å². The van der Waals surface area contributed by atoms with Gasteiger partial charge in [-0.1, -0.05) is 66.2 Å². The van der Waals surface area contributed by atoms with Gasteiger partial charge in [0, 0.05) is 16.6 Å². The number of amides is 1. The average Bonchev–Trinajstić information content (AvgIpc) is 3.24. The van der Waals surface area contributed by atoms with Gasteiger partial charge in [-0.3, -0.25) is 4.79 Å². The Morgan fingerprint density at radius 3 is 2.47 bits per heavy atom. The summed E-state index contributed by atoms with van der Waals surface area (Å²) >= 11 is 1.31. The Hall–Kier alpha value is -3.44. The maximum Gasteiger partial charge on any atom is 0.349 e. The van der Waals surface area contributed by atoms with Gasteiger partial charge >= 0.3 is 5.97 Å². The molecule has 1 N–H and O–H groups in total. The van der Waals surface area contributed by atoms with Crippen LogP contribution in [0, 0.1) is 6.92 Å². The summed E-state index contributed by atoms with van der Waals surface area (Å²) in [5.41, 5.74) is 3.60. The van der Waals surface area contributed by atoms with E-state index in [0.29, 0.717) is 10.6 Å². The highest BCUT2D eigenvalue weighted by molar-refractivity contribution is 7.12. The third-order valence-corrected chi connectivity index (χ3v) is 5.81. The van der Waals surface area contributed by atoms with Gasteiger partial charge < -0.3 is 10.1 Å². The van der Waals surface area contributed by atoms with E-state index in [4.69, 9.17) is 4.74 Å². The van der Waals surface area contributed by atoms with Crippen molar-refractivity contribution in [1.29, 1.82) is 0 Å². The number of hydrogen-bond donors (Lipinski definition) is 1. The number of nitrogens with one attached hydrogen (secondary N) is 1. The second-order valence-electron chi connectivity index (χ2n) is 7.09. The van der Waals surface area contributed by atoms with Crippen molar-refractivity contribution in [3.05, 3.63) is 88.6 Å². The van der Waals surface area contributed by atoms with Crippen LogP contribution in [0.2, 0.25) is 0 Å². The number of ether oxygens (including phenoxy) is 1. The smallest absolute Gasteiger partial charge is 0.349 e. The molecule has 0 bridgehead atoms. The van der Waals surface area contributed by atoms with Gasteiger partial charge in [-0.05, 0) is 42.3 Å². The summed E-state index contributed by atoms with van der Waals surface area (Å²) in [7, 11) is 0. The predicted octanol–water partition coefficient (Wildman–Crippen LogP) is 6.06. The first-order valence-electron chi connectivity index (χ1n) is 9.67. The molecule has 0 unspecified atom stereocenters. The van der Waals surface area contributed by atoms with Crippen LogP contribution in [0.15, 0.2) is 78.2 Å². The summed E-state index contributed by atoms with van der Waals surface area (Å²) in [5.74, 6) is -0.866. The molecule has 0 aliphatic carbocycles. The van der Waals surface area contributed by atoms with Gasteiger partial charge in [0.05, 0.1) is 0 Å². The average molecular weight is 416 g/mol. The molecule has 0 spiro atoms. The van der Waals surface area contributed by atoms with E-state index in [-0.39, 0.29) is 5.91 Å². The molecule has 3 aromatic carbocycles. The third-order valence-electron chi connectivity index (χ3n) is 4.91. The zero-order valence-electron chi connectivity index (χ0n) is 16.7. The molecule has 1 heterocycles. The van der Waals surface area contributed by atoms with Crippen molar-refractivity contribution in [2.45, 2.75) is 20.0 Å². The van der Waals surface area contributed by atoms with Crippen LogP contribution in [0.4, 0.5) is 5.69 Å². The van der Waals surface area contributed by atoms with Crippen molar-refractivity contribution in [2.75, 3.05) is 5.32 Å². The van der Waals surface area contributed by atoms with E-state index in [1.807, 2.05) is 85.1 Å². The minimum Gasteiger partial charge on any atom is -0.448 e. The molecule has 0 saturated heterocycles. The first-order chi connectivity index (χ1) is 14.5. The van der Waals surface area contributed by atoms with E-state index in [1.54, 1.807) is 6.92 Å². The number of fused-ring (bicyclic) bond motifs is 1. The molecule has 0 saturated carbocycles. The summed E-state index contributed by atoms with van der Waals surface area (Å²) in [6, 6.07) is 23.4. The van der Waals surface area contributed by atoms with E-state index < -0.39 is 12.1 Å². The maximum atomic E-state index is 12.8. The lowest BCUT2D eigenvalue weighted by molar-refractivity contribution is -0.123. The van der Waals surface area contributed by atoms with Crippen LogP contribution in [-0.2, 0) is 9.53 Å². The molecule has 0 aliphatic heterocycles. The minimum atomic E-state index is -0.926. The molecule has 0 fully saturated rings. The molecule has 1 amide bonds. The number of benzene rings is 3. The molecule has 4 nitrogen and oxygen atoms in total. The zero-order valence-corrected chi connectivity index (χ0v) is 17.5. The van der Waals surface area contributed by atoms with Crippen LogP contribution in [0.3, 0.4) is 0 Å². The summed E-state index contributed by atoms with van der Waals surface area (Å²) in [6.45, 7) is 3.60. The molecule has 4 rings (SSSR count). The fourth-order valence-electron chi connectivity index (χ4n) is 3.26. The van der Waals surface area contributed by atoms with Crippen molar-refractivity contribution < 1.29 is 14.3 Å². The Kier molecular flexibility index (Phi) is 5.63. The lowest BCUT2D eigenvalue weighted by atomic mass is 10.1. The number of carbonyl (C=O) groups excluding carboxylic acids is 2. The van der Waals surface area contributed by atoms with Gasteiger partial charge in [-0.15, -0.1) is 11.3 Å². The molecule has 1 aromatic heterocycles. The van der Waals surface area contributed by atoms with Gasteiger partial charge in [0.2, 0.25) is 0 Å². The monoisotopic (exact) mass is 415 g/mol. The topological polar surface area (TPSA) is 55.4 Å². The first kappa shape index (κ1) is 19.9. The Labute approximate surface area is 179 Å². The maximum absolute atomic E-state index is 12.8. The molecule has 150 valence electrons. The summed E-state index contributed by atoms with van der Waals surface area (Å²) in [5, 5.41) is 6.69. The number of thiophene rings is 1. The van der Waals surface area contributed by atoms with Crippen molar-refractivity contribution in [3.63, 3.8) is 0 Å². The molecule has 1 atom stereocenters. The largest absolute Gasteiger partial charge is 0.448 e. The highest BCUT2D eigenvalue weighted by Gasteiger charge is 2.23. The van der Waals surface area contributed by atoms with Crippen LogP contribution in [0.5, 0.6) is 0 Å². The fraction of sp³-hybridized carbons (Fsp3) is 0.120. The third kappa shape index (κ3) is 4.11. The Bertz CT molecular complexity index is 1210. The lowest BCUT2D eigenvalue weighted by Crippen LogP contribution is -2.30. The van der Waals surface area contributed by atoms with Crippen LogP contribution < -0.4 is 5.32 Å². The van der Waals surface area contributed by atoms with E-state index in [9.17, 15) is 9.59 Å². The molecule has 4 aromatic rings. The molecule has 30 heavy (non-hydrogen) atoms.